The fourth-order valence-electron chi connectivity index (χ4n) is 3.67. The monoisotopic (exact) mass is 377 g/mol. The van der Waals surface area contributed by atoms with E-state index in [0.717, 1.165) is 38.4 Å². The Balaban J connectivity index is 1.83. The van der Waals surface area contributed by atoms with Crippen LogP contribution in [-0.4, -0.2) is 45.4 Å². The van der Waals surface area contributed by atoms with Crippen molar-refractivity contribution in [3.8, 4) is 0 Å². The highest BCUT2D eigenvalue weighted by Gasteiger charge is 2.22. The molecule has 1 fully saturated rings. The van der Waals surface area contributed by atoms with Crippen LogP contribution in [0.4, 0.5) is 5.95 Å². The molecule has 0 amide bonds. The molecule has 0 aromatic carbocycles. The Hall–Kier alpha value is -2.09. The molecule has 0 aliphatic carbocycles. The fraction of sp³-hybridized carbons (Fsp3) is 0.737. The number of anilines is 1. The van der Waals surface area contributed by atoms with Gasteiger partial charge in [-0.1, -0.05) is 45.4 Å². The number of nitrogens with one attached hydrogen (secondary N) is 1. The lowest BCUT2D eigenvalue weighted by molar-refractivity contribution is 0.121. The minimum atomic E-state index is -0.429. The van der Waals surface area contributed by atoms with Gasteiger partial charge in [-0.2, -0.15) is 4.98 Å². The van der Waals surface area contributed by atoms with Crippen LogP contribution in [0.2, 0.25) is 0 Å². The third-order valence-electron chi connectivity index (χ3n) is 5.27. The zero-order valence-electron chi connectivity index (χ0n) is 16.5. The Morgan fingerprint density at radius 1 is 1.04 bits per heavy atom. The summed E-state index contributed by atoms with van der Waals surface area (Å²) in [5, 5.41) is 0. The lowest BCUT2D eigenvalue weighted by atomic mass is 10.1. The van der Waals surface area contributed by atoms with Crippen LogP contribution in [0.25, 0.3) is 11.2 Å². The molecule has 2 aromatic rings. The number of aryl methyl sites for hydroxylation is 2. The van der Waals surface area contributed by atoms with Crippen molar-refractivity contribution < 1.29 is 4.74 Å². The Morgan fingerprint density at radius 2 is 1.70 bits per heavy atom. The van der Waals surface area contributed by atoms with Gasteiger partial charge in [0.25, 0.3) is 5.56 Å². The molecular weight excluding hydrogens is 346 g/mol. The maximum absolute atomic E-state index is 12.5. The van der Waals surface area contributed by atoms with Crippen molar-refractivity contribution in [1.82, 2.24) is 19.1 Å². The number of aromatic nitrogens is 4. The maximum Gasteiger partial charge on any atom is 0.329 e. The maximum atomic E-state index is 12.5. The summed E-state index contributed by atoms with van der Waals surface area (Å²) < 4.78 is 8.85. The van der Waals surface area contributed by atoms with E-state index < -0.39 is 5.69 Å². The number of hydrogen-bond donors (Lipinski definition) is 1. The number of nitrogens with zero attached hydrogens (tertiary/aromatic N) is 4. The standard InChI is InChI=1S/C19H31N5O3/c1-3-4-5-6-7-8-9-10-24-15-16(22(2)19(26)21-17(15)25)20-18(24)23-11-13-27-14-12-23/h3-14H2,1-2H3,(H,21,25,26). The SMILES string of the molecule is CCCCCCCCCn1c(N2CCOCC2)nc2c1c(=O)[nH]c(=O)n2C. The minimum Gasteiger partial charge on any atom is -0.378 e. The van der Waals surface area contributed by atoms with Gasteiger partial charge in [0, 0.05) is 26.7 Å². The molecule has 1 N–H and O–H groups in total. The van der Waals surface area contributed by atoms with E-state index >= 15 is 0 Å². The Kier molecular flexibility index (Phi) is 6.71. The molecular formula is C19H31N5O3. The summed E-state index contributed by atoms with van der Waals surface area (Å²) in [6.45, 7) is 5.74. The second kappa shape index (κ2) is 9.21. The summed E-state index contributed by atoms with van der Waals surface area (Å²) in [6.07, 6.45) is 8.47. The molecule has 1 aliphatic heterocycles. The average Bonchev–Trinajstić information content (AvgIpc) is 3.06. The van der Waals surface area contributed by atoms with Gasteiger partial charge < -0.3 is 14.2 Å². The number of ether oxygens (including phenoxy) is 1. The van der Waals surface area contributed by atoms with Gasteiger partial charge in [0.2, 0.25) is 5.95 Å². The second-order valence-electron chi connectivity index (χ2n) is 7.27. The van der Waals surface area contributed by atoms with E-state index in [2.05, 4.69) is 21.8 Å². The van der Waals surface area contributed by atoms with Gasteiger partial charge in [-0.15, -0.1) is 0 Å². The Morgan fingerprint density at radius 3 is 2.41 bits per heavy atom. The van der Waals surface area contributed by atoms with Crippen molar-refractivity contribution in [3.05, 3.63) is 20.8 Å². The molecule has 2 aromatic heterocycles. The number of H-pyrrole nitrogens is 1. The van der Waals surface area contributed by atoms with Gasteiger partial charge in [0.15, 0.2) is 11.2 Å². The predicted octanol–water partition coefficient (Wildman–Crippen LogP) is 2.01. The van der Waals surface area contributed by atoms with E-state index in [1.807, 2.05) is 4.57 Å². The number of imidazole rings is 1. The normalized spacial score (nSPS) is 15.0. The van der Waals surface area contributed by atoms with Gasteiger partial charge >= 0.3 is 5.69 Å². The first-order valence-electron chi connectivity index (χ1n) is 10.2. The third-order valence-corrected chi connectivity index (χ3v) is 5.27. The zero-order valence-corrected chi connectivity index (χ0v) is 16.5. The summed E-state index contributed by atoms with van der Waals surface area (Å²) in [4.78, 5) is 33.7. The molecule has 150 valence electrons. The van der Waals surface area contributed by atoms with Crippen molar-refractivity contribution in [2.75, 3.05) is 31.2 Å². The summed E-state index contributed by atoms with van der Waals surface area (Å²) in [6, 6.07) is 0. The topological polar surface area (TPSA) is 85.2 Å². The van der Waals surface area contributed by atoms with E-state index in [1.54, 1.807) is 7.05 Å². The average molecular weight is 377 g/mol. The molecule has 0 atom stereocenters. The first-order valence-corrected chi connectivity index (χ1v) is 10.2. The Labute approximate surface area is 159 Å². The number of unbranched alkanes of at least 4 members (excludes halogenated alkanes) is 6. The quantitative estimate of drug-likeness (QED) is 0.676. The highest BCUT2D eigenvalue weighted by Crippen LogP contribution is 2.21. The molecule has 0 unspecified atom stereocenters. The number of morpholine rings is 1. The van der Waals surface area contributed by atoms with Crippen LogP contribution in [0.5, 0.6) is 0 Å². The largest absolute Gasteiger partial charge is 0.378 e. The van der Waals surface area contributed by atoms with Crippen molar-refractivity contribution in [3.63, 3.8) is 0 Å². The van der Waals surface area contributed by atoms with E-state index in [9.17, 15) is 9.59 Å². The highest BCUT2D eigenvalue weighted by atomic mass is 16.5. The summed E-state index contributed by atoms with van der Waals surface area (Å²) in [5.74, 6) is 0.769. The van der Waals surface area contributed by atoms with Gasteiger partial charge in [-0.25, -0.2) is 4.79 Å². The molecule has 0 spiro atoms. The molecule has 0 radical (unpaired) electrons. The van der Waals surface area contributed by atoms with Gasteiger partial charge in [-0.05, 0) is 6.42 Å². The van der Waals surface area contributed by atoms with Gasteiger partial charge in [0.1, 0.15) is 0 Å². The molecule has 27 heavy (non-hydrogen) atoms. The lowest BCUT2D eigenvalue weighted by Crippen LogP contribution is -2.38. The van der Waals surface area contributed by atoms with E-state index in [0.29, 0.717) is 24.4 Å². The highest BCUT2D eigenvalue weighted by molar-refractivity contribution is 5.74. The number of hydrogen-bond acceptors (Lipinski definition) is 5. The van der Waals surface area contributed by atoms with Crippen LogP contribution in [0, 0.1) is 0 Å². The number of rotatable bonds is 9. The molecule has 3 heterocycles. The summed E-state index contributed by atoms with van der Waals surface area (Å²) in [7, 11) is 1.65. The molecule has 0 bridgehead atoms. The first kappa shape index (κ1) is 19.7. The van der Waals surface area contributed by atoms with Crippen molar-refractivity contribution in [1.29, 1.82) is 0 Å². The van der Waals surface area contributed by atoms with Gasteiger partial charge in [-0.3, -0.25) is 14.3 Å². The third kappa shape index (κ3) is 4.43. The molecule has 1 saturated heterocycles. The fourth-order valence-corrected chi connectivity index (χ4v) is 3.67. The van der Waals surface area contributed by atoms with Crippen LogP contribution in [0.3, 0.4) is 0 Å². The van der Waals surface area contributed by atoms with Crippen LogP contribution in [0.15, 0.2) is 9.59 Å². The molecule has 8 nitrogen and oxygen atoms in total. The van der Waals surface area contributed by atoms with Crippen LogP contribution in [0.1, 0.15) is 51.9 Å². The zero-order chi connectivity index (χ0) is 19.2. The minimum absolute atomic E-state index is 0.358. The molecule has 8 heteroatoms. The van der Waals surface area contributed by atoms with Crippen molar-refractivity contribution >= 4 is 17.1 Å². The van der Waals surface area contributed by atoms with Gasteiger partial charge in [0.05, 0.1) is 13.2 Å². The summed E-state index contributed by atoms with van der Waals surface area (Å²) in [5.41, 5.74) is 0.155. The molecule has 0 saturated carbocycles. The van der Waals surface area contributed by atoms with Crippen LogP contribution in [-0.2, 0) is 18.3 Å². The summed E-state index contributed by atoms with van der Waals surface area (Å²) >= 11 is 0. The van der Waals surface area contributed by atoms with Crippen LogP contribution < -0.4 is 16.1 Å². The van der Waals surface area contributed by atoms with Crippen LogP contribution >= 0.6 is 0 Å². The predicted molar refractivity (Wildman–Crippen MR) is 107 cm³/mol. The second-order valence-corrected chi connectivity index (χ2v) is 7.27. The molecule has 1 aliphatic rings. The number of aromatic amines is 1. The number of fused-ring (bicyclic) bond motifs is 1. The van der Waals surface area contributed by atoms with E-state index in [1.165, 1.54) is 36.7 Å². The van der Waals surface area contributed by atoms with E-state index in [4.69, 9.17) is 4.74 Å². The van der Waals surface area contributed by atoms with Crippen molar-refractivity contribution in [2.24, 2.45) is 7.05 Å². The van der Waals surface area contributed by atoms with E-state index in [-0.39, 0.29) is 5.56 Å². The Bertz CT molecular complexity index is 861. The molecule has 3 rings (SSSR count). The first-order chi connectivity index (χ1) is 13.1. The van der Waals surface area contributed by atoms with Crippen molar-refractivity contribution in [2.45, 2.75) is 58.4 Å². The lowest BCUT2D eigenvalue weighted by Gasteiger charge is -2.28. The smallest absolute Gasteiger partial charge is 0.329 e.